The zero-order valence-electron chi connectivity index (χ0n) is 21.1. The standard InChI is InChI=1S/C26H28ClN6O4P/c1-38(2,37)23-6-4-3-5-20(23)30-24-19(27)14-28-25(31-24)29-17-7-8-21(22(13-17)33(35)36)32-15-26(16-32)11-9-18(34)10-12-26/h3-8,13-14H,9-12,15-16H2,1-2H3,(H2,28,29,30,31). The van der Waals surface area contributed by atoms with Gasteiger partial charge in [0, 0.05) is 48.4 Å². The van der Waals surface area contributed by atoms with Crippen molar-refractivity contribution >= 4 is 64.3 Å². The fraction of sp³-hybridized carbons (Fsp3) is 0.346. The molecule has 3 aromatic rings. The highest BCUT2D eigenvalue weighted by molar-refractivity contribution is 7.70. The van der Waals surface area contributed by atoms with Gasteiger partial charge >= 0.3 is 0 Å². The van der Waals surface area contributed by atoms with E-state index in [2.05, 4.69) is 20.6 Å². The highest BCUT2D eigenvalue weighted by Crippen LogP contribution is 2.47. The van der Waals surface area contributed by atoms with Crippen LogP contribution < -0.4 is 20.8 Å². The Bertz CT molecular complexity index is 1460. The third-order valence-corrected chi connectivity index (χ3v) is 9.00. The Morgan fingerprint density at radius 3 is 2.50 bits per heavy atom. The summed E-state index contributed by atoms with van der Waals surface area (Å²) in [5.41, 5.74) is 1.71. The molecule has 0 atom stereocenters. The lowest BCUT2D eigenvalue weighted by molar-refractivity contribution is -0.384. The summed E-state index contributed by atoms with van der Waals surface area (Å²) in [6.07, 6.45) is 4.31. The third kappa shape index (κ3) is 5.37. The Morgan fingerprint density at radius 1 is 1.11 bits per heavy atom. The van der Waals surface area contributed by atoms with Crippen molar-refractivity contribution in [3.8, 4) is 0 Å². The molecule has 0 bridgehead atoms. The van der Waals surface area contributed by atoms with Gasteiger partial charge in [-0.1, -0.05) is 23.7 Å². The number of hydrogen-bond acceptors (Lipinski definition) is 9. The first-order valence-corrected chi connectivity index (χ1v) is 15.3. The van der Waals surface area contributed by atoms with Gasteiger partial charge in [-0.05, 0) is 50.4 Å². The number of ketones is 1. The van der Waals surface area contributed by atoms with E-state index in [1.54, 1.807) is 37.6 Å². The van der Waals surface area contributed by atoms with E-state index >= 15 is 0 Å². The summed E-state index contributed by atoms with van der Waals surface area (Å²) in [6.45, 7) is 4.81. The van der Waals surface area contributed by atoms with Gasteiger partial charge < -0.3 is 20.1 Å². The molecule has 10 nitrogen and oxygen atoms in total. The molecule has 0 amide bonds. The van der Waals surface area contributed by atoms with Crippen LogP contribution in [0, 0.1) is 15.5 Å². The molecule has 1 aromatic heterocycles. The molecule has 1 aliphatic carbocycles. The molecule has 1 saturated carbocycles. The molecule has 2 aliphatic rings. The number of nitro groups is 1. The Morgan fingerprint density at radius 2 is 1.82 bits per heavy atom. The van der Waals surface area contributed by atoms with E-state index in [9.17, 15) is 19.5 Å². The number of halogens is 1. The van der Waals surface area contributed by atoms with Crippen molar-refractivity contribution in [2.24, 2.45) is 5.41 Å². The summed E-state index contributed by atoms with van der Waals surface area (Å²) in [6, 6.07) is 12.2. The van der Waals surface area contributed by atoms with Crippen molar-refractivity contribution in [2.45, 2.75) is 25.7 Å². The van der Waals surface area contributed by atoms with E-state index in [1.165, 1.54) is 12.3 Å². The number of rotatable bonds is 7. The summed E-state index contributed by atoms with van der Waals surface area (Å²) >= 11 is 6.33. The maximum Gasteiger partial charge on any atom is 0.294 e. The lowest BCUT2D eigenvalue weighted by Gasteiger charge is -2.53. The zero-order chi connectivity index (χ0) is 27.1. The van der Waals surface area contributed by atoms with Gasteiger partial charge in [0.15, 0.2) is 5.82 Å². The minimum Gasteiger partial charge on any atom is -0.365 e. The lowest BCUT2D eigenvalue weighted by atomic mass is 9.68. The van der Waals surface area contributed by atoms with Gasteiger partial charge in [0.2, 0.25) is 5.95 Å². The largest absolute Gasteiger partial charge is 0.365 e. The van der Waals surface area contributed by atoms with E-state index in [4.69, 9.17) is 11.6 Å². The molecule has 2 N–H and O–H groups in total. The van der Waals surface area contributed by atoms with Crippen LogP contribution in [-0.2, 0) is 9.36 Å². The maximum absolute atomic E-state index is 12.7. The molecule has 0 radical (unpaired) electrons. The molecule has 198 valence electrons. The number of hydrogen-bond donors (Lipinski definition) is 2. The zero-order valence-corrected chi connectivity index (χ0v) is 22.8. The number of para-hydroxylation sites is 1. The number of nitrogens with zero attached hydrogens (tertiary/aromatic N) is 4. The topological polar surface area (TPSA) is 130 Å². The van der Waals surface area contributed by atoms with Crippen molar-refractivity contribution in [1.29, 1.82) is 0 Å². The minimum absolute atomic E-state index is 0.0142. The quantitative estimate of drug-likeness (QED) is 0.214. The molecular formula is C26H28ClN6O4P. The van der Waals surface area contributed by atoms with Crippen LogP contribution in [0.3, 0.4) is 0 Å². The predicted molar refractivity (Wildman–Crippen MR) is 150 cm³/mol. The SMILES string of the molecule is CP(C)(=O)c1ccccc1Nc1nc(Nc2ccc(N3CC4(CCC(=O)CC4)C3)c([N+](=O)[O-])c2)ncc1Cl. The van der Waals surface area contributed by atoms with Crippen LogP contribution in [0.4, 0.5) is 34.5 Å². The summed E-state index contributed by atoms with van der Waals surface area (Å²) < 4.78 is 12.7. The first kappa shape index (κ1) is 26.1. The Balaban J connectivity index is 1.35. The van der Waals surface area contributed by atoms with Gasteiger partial charge in [-0.3, -0.25) is 14.9 Å². The Hall–Kier alpha value is -3.49. The normalized spacial score (nSPS) is 16.7. The van der Waals surface area contributed by atoms with Crippen LogP contribution in [0.25, 0.3) is 0 Å². The summed E-state index contributed by atoms with van der Waals surface area (Å²) in [7, 11) is -2.56. The van der Waals surface area contributed by atoms with Crippen LogP contribution in [-0.4, -0.2) is 47.1 Å². The number of benzene rings is 2. The summed E-state index contributed by atoms with van der Waals surface area (Å²) in [5, 5.41) is 19.0. The fourth-order valence-corrected chi connectivity index (χ4v) is 6.44. The number of Topliss-reactive ketones (excluding diaryl/α,β-unsaturated/α-hetero) is 1. The molecule has 1 spiro atoms. The second kappa shape index (κ2) is 10.0. The minimum atomic E-state index is -2.56. The van der Waals surface area contributed by atoms with Crippen LogP contribution in [0.5, 0.6) is 0 Å². The summed E-state index contributed by atoms with van der Waals surface area (Å²) in [5.74, 6) is 0.814. The van der Waals surface area contributed by atoms with Crippen molar-refractivity contribution < 1.29 is 14.3 Å². The number of nitro benzene ring substituents is 1. The molecule has 5 rings (SSSR count). The van der Waals surface area contributed by atoms with E-state index in [0.717, 1.165) is 12.8 Å². The van der Waals surface area contributed by atoms with Gasteiger partial charge in [0.05, 0.1) is 16.8 Å². The van der Waals surface area contributed by atoms with Crippen LogP contribution >= 0.6 is 18.7 Å². The Labute approximate surface area is 225 Å². The number of nitrogens with one attached hydrogen (secondary N) is 2. The van der Waals surface area contributed by atoms with Gasteiger partial charge in [-0.2, -0.15) is 4.98 Å². The van der Waals surface area contributed by atoms with Gasteiger partial charge in [0.25, 0.3) is 5.69 Å². The molecule has 1 saturated heterocycles. The summed E-state index contributed by atoms with van der Waals surface area (Å²) in [4.78, 5) is 33.8. The van der Waals surface area contributed by atoms with Crippen molar-refractivity contribution in [2.75, 3.05) is 42.0 Å². The molecule has 1 aliphatic heterocycles. The van der Waals surface area contributed by atoms with Crippen LogP contribution in [0.1, 0.15) is 25.7 Å². The Kier molecular flexibility index (Phi) is 6.88. The van der Waals surface area contributed by atoms with E-state index < -0.39 is 12.1 Å². The van der Waals surface area contributed by atoms with Gasteiger partial charge in [0.1, 0.15) is 23.6 Å². The highest BCUT2D eigenvalue weighted by atomic mass is 35.5. The smallest absolute Gasteiger partial charge is 0.294 e. The number of anilines is 5. The highest BCUT2D eigenvalue weighted by Gasteiger charge is 2.46. The first-order chi connectivity index (χ1) is 18.0. The number of carbonyl (C=O) groups excluding carboxylic acids is 1. The van der Waals surface area contributed by atoms with Crippen LogP contribution in [0.2, 0.25) is 5.02 Å². The lowest BCUT2D eigenvalue weighted by Crippen LogP contribution is -2.58. The van der Waals surface area contributed by atoms with E-state index in [-0.39, 0.29) is 22.1 Å². The van der Waals surface area contributed by atoms with E-state index in [0.29, 0.717) is 59.9 Å². The van der Waals surface area contributed by atoms with Crippen molar-refractivity contribution in [3.05, 3.63) is 63.8 Å². The molecule has 2 fully saturated rings. The fourth-order valence-electron chi connectivity index (χ4n) is 5.14. The molecule has 38 heavy (non-hydrogen) atoms. The average molecular weight is 555 g/mol. The number of carbonyl (C=O) groups is 1. The third-order valence-electron chi connectivity index (χ3n) is 7.17. The van der Waals surface area contributed by atoms with Crippen LogP contribution in [0.15, 0.2) is 48.7 Å². The molecule has 2 aromatic carbocycles. The molecule has 0 unspecified atom stereocenters. The van der Waals surface area contributed by atoms with E-state index in [1.807, 2.05) is 17.0 Å². The first-order valence-electron chi connectivity index (χ1n) is 12.3. The monoisotopic (exact) mass is 554 g/mol. The van der Waals surface area contributed by atoms with Gasteiger partial charge in [-0.15, -0.1) is 0 Å². The second-order valence-electron chi connectivity index (χ2n) is 10.4. The van der Waals surface area contributed by atoms with Gasteiger partial charge in [-0.25, -0.2) is 4.98 Å². The second-order valence-corrected chi connectivity index (χ2v) is 14.0. The number of aromatic nitrogens is 2. The maximum atomic E-state index is 12.7. The molecule has 12 heteroatoms. The van der Waals surface area contributed by atoms with Crippen molar-refractivity contribution in [1.82, 2.24) is 9.97 Å². The van der Waals surface area contributed by atoms with Crippen molar-refractivity contribution in [3.63, 3.8) is 0 Å². The molecule has 2 heterocycles. The average Bonchev–Trinajstić information content (AvgIpc) is 2.85. The predicted octanol–water partition coefficient (Wildman–Crippen LogP) is 5.72. The molecular weight excluding hydrogens is 527 g/mol.